The van der Waals surface area contributed by atoms with Crippen molar-refractivity contribution in [3.63, 3.8) is 0 Å². The highest BCUT2D eigenvalue weighted by molar-refractivity contribution is 7.22. The van der Waals surface area contributed by atoms with Crippen molar-refractivity contribution < 1.29 is 4.74 Å². The van der Waals surface area contributed by atoms with E-state index in [4.69, 9.17) is 16.3 Å². The smallest absolute Gasteiger partial charge is 0.273 e. The normalized spacial score (nSPS) is 16.4. The Morgan fingerprint density at radius 2 is 2.03 bits per heavy atom. The number of rotatable bonds is 4. The lowest BCUT2D eigenvalue weighted by molar-refractivity contribution is 0.214. The highest BCUT2D eigenvalue weighted by Crippen LogP contribution is 2.32. The molecule has 1 aliphatic heterocycles. The van der Waals surface area contributed by atoms with E-state index in [2.05, 4.69) is 10.3 Å². The van der Waals surface area contributed by atoms with Crippen molar-refractivity contribution >= 4 is 33.0 Å². The molecule has 1 fully saturated rings. The third-order valence-corrected chi connectivity index (χ3v) is 6.45. The van der Waals surface area contributed by atoms with Crippen LogP contribution in [0.3, 0.4) is 0 Å². The summed E-state index contributed by atoms with van der Waals surface area (Å²) < 4.78 is 8.20. The first-order chi connectivity index (χ1) is 14.2. The van der Waals surface area contributed by atoms with Crippen LogP contribution in [0.2, 0.25) is 5.02 Å². The monoisotopic (exact) mass is 423 g/mol. The molecule has 4 aromatic rings. The highest BCUT2D eigenvalue weighted by Gasteiger charge is 2.16. The second-order valence-corrected chi connectivity index (χ2v) is 8.47. The number of halogens is 1. The molecule has 1 aliphatic rings. The molecule has 1 N–H and O–H groups in total. The van der Waals surface area contributed by atoms with E-state index in [0.717, 1.165) is 45.7 Å². The fourth-order valence-electron chi connectivity index (χ4n) is 3.47. The summed E-state index contributed by atoms with van der Waals surface area (Å²) in [6.07, 6.45) is 4.61. The van der Waals surface area contributed by atoms with Crippen LogP contribution in [0.4, 0.5) is 0 Å². The van der Waals surface area contributed by atoms with E-state index in [0.29, 0.717) is 10.9 Å². The van der Waals surface area contributed by atoms with E-state index in [1.807, 2.05) is 48.5 Å². The van der Waals surface area contributed by atoms with Crippen LogP contribution in [0.1, 0.15) is 6.42 Å². The van der Waals surface area contributed by atoms with Crippen molar-refractivity contribution in [2.45, 2.75) is 12.5 Å². The van der Waals surface area contributed by atoms with Crippen LogP contribution in [0, 0.1) is 0 Å². The number of aromatic nitrogens is 2. The Hall–Kier alpha value is -2.67. The van der Waals surface area contributed by atoms with Crippen molar-refractivity contribution in [3.8, 4) is 22.0 Å². The van der Waals surface area contributed by atoms with Gasteiger partial charge in [0.1, 0.15) is 10.8 Å². The first-order valence-electron chi connectivity index (χ1n) is 9.42. The van der Waals surface area contributed by atoms with Gasteiger partial charge in [-0.2, -0.15) is 0 Å². The Morgan fingerprint density at radius 3 is 2.76 bits per heavy atom. The van der Waals surface area contributed by atoms with Gasteiger partial charge in [0.25, 0.3) is 5.56 Å². The number of pyridine rings is 2. The van der Waals surface area contributed by atoms with Gasteiger partial charge in [-0.05, 0) is 48.9 Å². The summed E-state index contributed by atoms with van der Waals surface area (Å²) in [7, 11) is 0. The molecule has 0 saturated carbocycles. The Balaban J connectivity index is 1.46. The zero-order chi connectivity index (χ0) is 19.8. The van der Waals surface area contributed by atoms with Gasteiger partial charge in [0.05, 0.1) is 11.9 Å². The largest absolute Gasteiger partial charge is 0.473 e. The number of benzene rings is 1. The highest BCUT2D eigenvalue weighted by atomic mass is 35.5. The molecule has 0 bridgehead atoms. The molecule has 4 heterocycles. The van der Waals surface area contributed by atoms with Gasteiger partial charge in [0.15, 0.2) is 0 Å². The molecule has 0 spiro atoms. The number of fused-ring (bicyclic) bond motifs is 1. The van der Waals surface area contributed by atoms with Gasteiger partial charge in [0, 0.05) is 34.1 Å². The molecule has 7 heteroatoms. The van der Waals surface area contributed by atoms with Crippen LogP contribution >= 0.6 is 22.9 Å². The minimum atomic E-state index is -0.0526. The van der Waals surface area contributed by atoms with E-state index >= 15 is 0 Å². The molecular weight excluding hydrogens is 406 g/mol. The Bertz CT molecular complexity index is 1210. The maximum Gasteiger partial charge on any atom is 0.273 e. The predicted molar refractivity (Wildman–Crippen MR) is 118 cm³/mol. The lowest BCUT2D eigenvalue weighted by Crippen LogP contribution is -2.20. The van der Waals surface area contributed by atoms with E-state index in [1.165, 1.54) is 11.3 Å². The van der Waals surface area contributed by atoms with Crippen molar-refractivity contribution in [3.05, 3.63) is 76.3 Å². The minimum absolute atomic E-state index is 0.0526. The number of hydrogen-bond acceptors (Lipinski definition) is 5. The maximum atomic E-state index is 13.1. The molecule has 1 saturated heterocycles. The predicted octanol–water partition coefficient (Wildman–Crippen LogP) is 4.51. The molecule has 3 aromatic heterocycles. The zero-order valence-corrected chi connectivity index (χ0v) is 17.0. The van der Waals surface area contributed by atoms with E-state index in [1.54, 1.807) is 17.0 Å². The van der Waals surface area contributed by atoms with Crippen molar-refractivity contribution in [2.24, 2.45) is 0 Å². The summed E-state index contributed by atoms with van der Waals surface area (Å²) in [6, 6.07) is 15.3. The van der Waals surface area contributed by atoms with Crippen LogP contribution < -0.4 is 15.6 Å². The Morgan fingerprint density at radius 1 is 1.17 bits per heavy atom. The molecule has 29 heavy (non-hydrogen) atoms. The van der Waals surface area contributed by atoms with Crippen molar-refractivity contribution in [1.82, 2.24) is 14.9 Å². The third kappa shape index (κ3) is 3.67. The number of thiophene rings is 1. The summed E-state index contributed by atoms with van der Waals surface area (Å²) >= 11 is 7.47. The fourth-order valence-corrected chi connectivity index (χ4v) is 4.69. The summed E-state index contributed by atoms with van der Waals surface area (Å²) in [5.41, 5.74) is 1.71. The second kappa shape index (κ2) is 7.63. The van der Waals surface area contributed by atoms with E-state index < -0.39 is 0 Å². The Labute approximate surface area is 176 Å². The molecule has 1 aromatic carbocycles. The topological polar surface area (TPSA) is 56.1 Å². The van der Waals surface area contributed by atoms with Crippen molar-refractivity contribution in [1.29, 1.82) is 0 Å². The first kappa shape index (κ1) is 18.4. The molecular formula is C22H18ClN3O2S. The number of nitrogens with one attached hydrogen (secondary N) is 1. The van der Waals surface area contributed by atoms with Crippen LogP contribution in [-0.2, 0) is 0 Å². The van der Waals surface area contributed by atoms with Gasteiger partial charge in [-0.1, -0.05) is 23.7 Å². The quantitative estimate of drug-likeness (QED) is 0.524. The van der Waals surface area contributed by atoms with Gasteiger partial charge >= 0.3 is 0 Å². The molecule has 0 radical (unpaired) electrons. The van der Waals surface area contributed by atoms with E-state index in [9.17, 15) is 4.79 Å². The Kier molecular flexibility index (Phi) is 4.83. The summed E-state index contributed by atoms with van der Waals surface area (Å²) in [5, 5.41) is 4.90. The maximum absolute atomic E-state index is 13.1. The van der Waals surface area contributed by atoms with E-state index in [-0.39, 0.29) is 11.7 Å². The second-order valence-electron chi connectivity index (χ2n) is 6.98. The number of ether oxygens (including phenoxy) is 1. The number of nitrogens with zero attached hydrogens (tertiary/aromatic N) is 2. The lowest BCUT2D eigenvalue weighted by Gasteiger charge is -2.12. The lowest BCUT2D eigenvalue weighted by atomic mass is 10.2. The minimum Gasteiger partial charge on any atom is -0.473 e. The third-order valence-electron chi connectivity index (χ3n) is 5.01. The van der Waals surface area contributed by atoms with Crippen LogP contribution in [0.25, 0.3) is 26.2 Å². The van der Waals surface area contributed by atoms with Gasteiger partial charge in [-0.25, -0.2) is 4.98 Å². The first-order valence-corrected chi connectivity index (χ1v) is 10.6. The van der Waals surface area contributed by atoms with Crippen LogP contribution in [0.5, 0.6) is 5.88 Å². The summed E-state index contributed by atoms with van der Waals surface area (Å²) in [6.45, 7) is 1.81. The SMILES string of the molecule is O=c1c2sc(-c3ccc(Cl)cc3)cc2ccn1-c1ccc(O[C@H]2CCNC2)nc1. The average Bonchev–Trinajstić information content (AvgIpc) is 3.40. The summed E-state index contributed by atoms with van der Waals surface area (Å²) in [5.74, 6) is 0.581. The van der Waals surface area contributed by atoms with Crippen LogP contribution in [-0.4, -0.2) is 28.7 Å². The molecule has 5 nitrogen and oxygen atoms in total. The molecule has 0 amide bonds. The molecule has 1 atom stereocenters. The van der Waals surface area contributed by atoms with Crippen molar-refractivity contribution in [2.75, 3.05) is 13.1 Å². The molecule has 0 unspecified atom stereocenters. The molecule has 5 rings (SSSR count). The molecule has 0 aliphatic carbocycles. The molecule has 146 valence electrons. The zero-order valence-electron chi connectivity index (χ0n) is 15.5. The van der Waals surface area contributed by atoms with Gasteiger partial charge in [-0.15, -0.1) is 11.3 Å². The van der Waals surface area contributed by atoms with Gasteiger partial charge in [0.2, 0.25) is 5.88 Å². The van der Waals surface area contributed by atoms with Crippen LogP contribution in [0.15, 0.2) is 65.7 Å². The van der Waals surface area contributed by atoms with Gasteiger partial charge in [-0.3, -0.25) is 9.36 Å². The summed E-state index contributed by atoms with van der Waals surface area (Å²) in [4.78, 5) is 18.5. The fraction of sp³-hybridized carbons (Fsp3) is 0.182. The van der Waals surface area contributed by atoms with Gasteiger partial charge < -0.3 is 10.1 Å². The number of hydrogen-bond donors (Lipinski definition) is 1. The standard InChI is InChI=1S/C22H18ClN3O2S/c23-16-3-1-14(2-4-16)19-11-15-8-10-26(22(27)21(15)29-19)17-5-6-20(25-12-17)28-18-7-9-24-13-18/h1-6,8,10-12,18,24H,7,9,13H2/t18-/m0/s1. The average molecular weight is 424 g/mol.